The number of hydrogen-bond acceptors (Lipinski definition) is 6. The molecule has 0 radical (unpaired) electrons. The molecule has 0 fully saturated rings. The number of thioether (sulfide) groups is 4. The van der Waals surface area contributed by atoms with Crippen molar-refractivity contribution in [2.24, 2.45) is 0 Å². The predicted octanol–water partition coefficient (Wildman–Crippen LogP) is 9.99. The minimum Gasteiger partial charge on any atom is -0.114 e. The van der Waals surface area contributed by atoms with Crippen LogP contribution in [0.2, 0.25) is 0 Å². The van der Waals surface area contributed by atoms with Crippen molar-refractivity contribution in [1.82, 2.24) is 0 Å². The first kappa shape index (κ1) is 22.8. The lowest BCUT2D eigenvalue weighted by atomic mass is 10.4. The third-order valence-electron chi connectivity index (χ3n) is 4.69. The molecule has 1 heterocycles. The van der Waals surface area contributed by atoms with Crippen LogP contribution in [0.4, 0.5) is 0 Å². The Bertz CT molecular complexity index is 1020. The Kier molecular flexibility index (Phi) is 8.11. The molecule has 4 aromatic rings. The zero-order chi connectivity index (χ0) is 21.6. The van der Waals surface area contributed by atoms with Crippen LogP contribution in [0.3, 0.4) is 0 Å². The fraction of sp³-hybridized carbons (Fsp3) is 0.0769. The van der Waals surface area contributed by atoms with E-state index in [1.54, 1.807) is 0 Å². The summed E-state index contributed by atoms with van der Waals surface area (Å²) in [5.41, 5.74) is 0. The normalized spacial score (nSPS) is 14.5. The molecule has 0 nitrogen and oxygen atoms in total. The number of rotatable bonds is 0. The molecular weight excluding hydrogens is 505 g/mol. The Morgan fingerprint density at radius 2 is 0.531 bits per heavy atom. The van der Waals surface area contributed by atoms with Crippen LogP contribution < -0.4 is 0 Å². The Morgan fingerprint density at radius 1 is 0.312 bits per heavy atom. The monoisotopic (exact) mass is 524 g/mol. The number of fused-ring (bicyclic) bond motifs is 4. The fourth-order valence-electron chi connectivity index (χ4n) is 3.16. The molecule has 160 valence electrons. The third kappa shape index (κ3) is 5.72. The number of hydrogen-bond donors (Lipinski definition) is 0. The van der Waals surface area contributed by atoms with Gasteiger partial charge in [0, 0.05) is 49.3 Å². The second kappa shape index (κ2) is 11.4. The van der Waals surface area contributed by atoms with Crippen molar-refractivity contribution in [3.63, 3.8) is 0 Å². The van der Waals surface area contributed by atoms with Crippen molar-refractivity contribution in [3.8, 4) is 0 Å². The molecule has 0 spiro atoms. The lowest BCUT2D eigenvalue weighted by Crippen LogP contribution is -1.86. The van der Waals surface area contributed by atoms with Crippen molar-refractivity contribution >= 4 is 70.6 Å². The van der Waals surface area contributed by atoms with Crippen LogP contribution >= 0.6 is 70.6 Å². The molecule has 0 atom stereocenters. The SMILES string of the molecule is c1ccc2c(c1)SCSc1ccccc1Sc1ccccc1SCSc1ccccc1S2. The van der Waals surface area contributed by atoms with Gasteiger partial charge in [-0.15, -0.1) is 47.0 Å². The maximum Gasteiger partial charge on any atom is 0.0487 e. The second-order valence-electron chi connectivity index (χ2n) is 6.80. The van der Waals surface area contributed by atoms with Gasteiger partial charge in [0.05, 0.1) is 0 Å². The lowest BCUT2D eigenvalue weighted by Gasteiger charge is -2.15. The Morgan fingerprint density at radius 3 is 0.781 bits per heavy atom. The van der Waals surface area contributed by atoms with Gasteiger partial charge < -0.3 is 0 Å². The van der Waals surface area contributed by atoms with Crippen LogP contribution in [0.1, 0.15) is 0 Å². The largest absolute Gasteiger partial charge is 0.114 e. The van der Waals surface area contributed by atoms with Crippen molar-refractivity contribution in [3.05, 3.63) is 97.1 Å². The molecule has 4 aromatic carbocycles. The van der Waals surface area contributed by atoms with E-state index >= 15 is 0 Å². The van der Waals surface area contributed by atoms with Gasteiger partial charge in [0.25, 0.3) is 0 Å². The minimum atomic E-state index is 0.988. The standard InChI is InChI=1S/C26H20S6/c1-5-13-23-19(9-1)27-17-28-21-11-3-7-15-25(21)32-26-16-8-4-12-22(26)30-18-29-20-10-2-6-14-24(20)31-23/h1-16H,17-18H2. The first-order valence-electron chi connectivity index (χ1n) is 10.1. The van der Waals surface area contributed by atoms with E-state index in [1.165, 1.54) is 39.2 Å². The Hall–Kier alpha value is -1.02. The van der Waals surface area contributed by atoms with E-state index < -0.39 is 0 Å². The maximum absolute atomic E-state index is 2.25. The molecule has 0 N–H and O–H groups in total. The molecule has 0 saturated heterocycles. The highest BCUT2D eigenvalue weighted by Crippen LogP contribution is 2.45. The smallest absolute Gasteiger partial charge is 0.0487 e. The van der Waals surface area contributed by atoms with Crippen molar-refractivity contribution in [2.45, 2.75) is 39.2 Å². The predicted molar refractivity (Wildman–Crippen MR) is 147 cm³/mol. The molecule has 0 amide bonds. The van der Waals surface area contributed by atoms with Crippen LogP contribution in [0.5, 0.6) is 0 Å². The van der Waals surface area contributed by atoms with E-state index in [0.717, 1.165) is 10.2 Å². The van der Waals surface area contributed by atoms with Crippen LogP contribution in [-0.2, 0) is 0 Å². The van der Waals surface area contributed by atoms with Gasteiger partial charge in [-0.05, 0) is 48.5 Å². The molecule has 1 aliphatic rings. The average molecular weight is 525 g/mol. The van der Waals surface area contributed by atoms with Gasteiger partial charge in [-0.1, -0.05) is 72.1 Å². The zero-order valence-corrected chi connectivity index (χ0v) is 22.0. The van der Waals surface area contributed by atoms with Crippen LogP contribution in [-0.4, -0.2) is 10.2 Å². The summed E-state index contributed by atoms with van der Waals surface area (Å²) in [5, 5.41) is 1.98. The highest BCUT2D eigenvalue weighted by atomic mass is 32.2. The van der Waals surface area contributed by atoms with Crippen molar-refractivity contribution in [1.29, 1.82) is 0 Å². The summed E-state index contributed by atoms with van der Waals surface area (Å²) in [5.74, 6) is 0. The van der Waals surface area contributed by atoms with E-state index in [1.807, 2.05) is 70.6 Å². The minimum absolute atomic E-state index is 0.988. The summed E-state index contributed by atoms with van der Waals surface area (Å²) >= 11 is 11.5. The van der Waals surface area contributed by atoms with Gasteiger partial charge in [0.1, 0.15) is 0 Å². The molecule has 32 heavy (non-hydrogen) atoms. The van der Waals surface area contributed by atoms with E-state index in [4.69, 9.17) is 0 Å². The van der Waals surface area contributed by atoms with Crippen LogP contribution in [0, 0.1) is 0 Å². The van der Waals surface area contributed by atoms with Gasteiger partial charge >= 0.3 is 0 Å². The van der Waals surface area contributed by atoms with Crippen LogP contribution in [0.15, 0.2) is 136 Å². The molecule has 0 aromatic heterocycles. The van der Waals surface area contributed by atoms with Gasteiger partial charge in [0.2, 0.25) is 0 Å². The van der Waals surface area contributed by atoms with Crippen molar-refractivity contribution < 1.29 is 0 Å². The quantitative estimate of drug-likeness (QED) is 0.223. The highest BCUT2D eigenvalue weighted by Gasteiger charge is 2.13. The van der Waals surface area contributed by atoms with E-state index in [-0.39, 0.29) is 0 Å². The maximum atomic E-state index is 2.25. The summed E-state index contributed by atoms with van der Waals surface area (Å²) in [6.07, 6.45) is 0. The van der Waals surface area contributed by atoms with Crippen LogP contribution in [0.25, 0.3) is 0 Å². The number of benzene rings is 4. The van der Waals surface area contributed by atoms with E-state index in [2.05, 4.69) is 97.1 Å². The summed E-state index contributed by atoms with van der Waals surface area (Å²) in [7, 11) is 0. The van der Waals surface area contributed by atoms with Gasteiger partial charge in [-0.3, -0.25) is 0 Å². The summed E-state index contributed by atoms with van der Waals surface area (Å²) < 4.78 is 0. The zero-order valence-electron chi connectivity index (χ0n) is 17.1. The topological polar surface area (TPSA) is 0 Å². The molecule has 0 bridgehead atoms. The molecule has 0 saturated carbocycles. The molecule has 1 aliphatic heterocycles. The average Bonchev–Trinajstić information content (AvgIpc) is 2.83. The molecular formula is C26H20S6. The summed E-state index contributed by atoms with van der Waals surface area (Å²) in [4.78, 5) is 10.7. The molecule has 0 unspecified atom stereocenters. The van der Waals surface area contributed by atoms with Gasteiger partial charge in [-0.25, -0.2) is 0 Å². The summed E-state index contributed by atoms with van der Waals surface area (Å²) in [6, 6.07) is 35.2. The first-order valence-corrected chi connectivity index (χ1v) is 15.7. The highest BCUT2D eigenvalue weighted by molar-refractivity contribution is 8.17. The van der Waals surface area contributed by atoms with Crippen molar-refractivity contribution in [2.75, 3.05) is 10.2 Å². The van der Waals surface area contributed by atoms with Gasteiger partial charge in [0.15, 0.2) is 0 Å². The Labute approximate surface area is 215 Å². The van der Waals surface area contributed by atoms with E-state index in [9.17, 15) is 0 Å². The first-order chi connectivity index (χ1) is 15.9. The molecule has 5 rings (SSSR count). The third-order valence-corrected chi connectivity index (χ3v) is 12.1. The van der Waals surface area contributed by atoms with E-state index in [0.29, 0.717) is 0 Å². The molecule has 0 aliphatic carbocycles. The fourth-order valence-corrected chi connectivity index (χ4v) is 10.1. The van der Waals surface area contributed by atoms with Gasteiger partial charge in [-0.2, -0.15) is 0 Å². The lowest BCUT2D eigenvalue weighted by molar-refractivity contribution is 1.20. The Balaban J connectivity index is 1.50. The summed E-state index contributed by atoms with van der Waals surface area (Å²) in [6.45, 7) is 0. The molecule has 6 heteroatoms. The second-order valence-corrected chi connectivity index (χ2v) is 13.8.